The van der Waals surface area contributed by atoms with Gasteiger partial charge in [0.2, 0.25) is 0 Å². The van der Waals surface area contributed by atoms with Gasteiger partial charge in [0.1, 0.15) is 0 Å². The van der Waals surface area contributed by atoms with Crippen LogP contribution in [0.1, 0.15) is 40.0 Å². The van der Waals surface area contributed by atoms with Crippen molar-refractivity contribution in [2.45, 2.75) is 38.5 Å². The van der Waals surface area contributed by atoms with Gasteiger partial charge in [-0.15, -0.1) is 0 Å². The zero-order chi connectivity index (χ0) is 4.24. The molecule has 0 aromatic heterocycles. The molecule has 0 bridgehead atoms. The van der Waals surface area contributed by atoms with Crippen molar-refractivity contribution < 1.29 is 31.0 Å². The summed E-state index contributed by atoms with van der Waals surface area (Å²) in [5.41, 5.74) is 0. The molecule has 6 N–H and O–H groups in total. The van der Waals surface area contributed by atoms with Crippen molar-refractivity contribution in [2.24, 2.45) is 0 Å². The molecule has 0 unspecified atom stereocenters. The van der Waals surface area contributed by atoms with Crippen molar-refractivity contribution in [3.05, 3.63) is 0 Å². The molecular weight excluding hydrogens is 123 g/mol. The summed E-state index contributed by atoms with van der Waals surface area (Å²) >= 11 is 0. The smallest absolute Gasteiger partial charge is 1.00 e. The minimum Gasteiger partial charge on any atom is -1.00 e. The Balaban J connectivity index is -0.0000000450. The Kier molecular flexibility index (Phi) is 21.4. The summed E-state index contributed by atoms with van der Waals surface area (Å²) in [5.74, 6) is 0. The Morgan fingerprint density at radius 2 is 0.667 bits per heavy atom. The van der Waals surface area contributed by atoms with Gasteiger partial charge in [-0.25, -0.2) is 0 Å². The molecule has 0 heterocycles. The minimum atomic E-state index is 0. The third-order valence-electron chi connectivity index (χ3n) is 1.50. The Bertz CT molecular complexity index is 31.2. The summed E-state index contributed by atoms with van der Waals surface area (Å²) in [4.78, 5) is 0. The van der Waals surface area contributed by atoms with Crippen LogP contribution in [-0.4, -0.2) is 0 Å². The SMILES string of the molecule is C1CCCCC1.N.N.[H-].[Na+]. The second-order valence-corrected chi connectivity index (χ2v) is 2.12. The van der Waals surface area contributed by atoms with Crippen molar-refractivity contribution >= 4 is 0 Å². The molecule has 9 heavy (non-hydrogen) atoms. The van der Waals surface area contributed by atoms with Crippen LogP contribution < -0.4 is 41.9 Å². The molecule has 3 heteroatoms. The van der Waals surface area contributed by atoms with Crippen LogP contribution in [0.25, 0.3) is 0 Å². The van der Waals surface area contributed by atoms with E-state index in [0.717, 1.165) is 0 Å². The van der Waals surface area contributed by atoms with Crippen LogP contribution >= 0.6 is 0 Å². The summed E-state index contributed by atoms with van der Waals surface area (Å²) in [5, 5.41) is 0. The summed E-state index contributed by atoms with van der Waals surface area (Å²) in [7, 11) is 0. The zero-order valence-electron chi connectivity index (χ0n) is 7.66. The van der Waals surface area contributed by atoms with E-state index in [1.807, 2.05) is 0 Å². The van der Waals surface area contributed by atoms with Crippen molar-refractivity contribution in [3.8, 4) is 0 Å². The van der Waals surface area contributed by atoms with Gasteiger partial charge in [0.15, 0.2) is 0 Å². The molecular formula is C6H19N2Na. The van der Waals surface area contributed by atoms with Gasteiger partial charge in [-0.05, 0) is 0 Å². The Hall–Kier alpha value is 0.920. The van der Waals surface area contributed by atoms with Crippen molar-refractivity contribution in [1.29, 1.82) is 0 Å². The van der Waals surface area contributed by atoms with E-state index >= 15 is 0 Å². The fourth-order valence-electron chi connectivity index (χ4n) is 1.06. The maximum absolute atomic E-state index is 1.50. The first-order chi connectivity index (χ1) is 3.00. The summed E-state index contributed by atoms with van der Waals surface area (Å²) in [6, 6.07) is 0. The van der Waals surface area contributed by atoms with E-state index in [1.54, 1.807) is 0 Å². The van der Waals surface area contributed by atoms with Gasteiger partial charge >= 0.3 is 29.6 Å². The van der Waals surface area contributed by atoms with Gasteiger partial charge in [0.25, 0.3) is 0 Å². The molecule has 0 aromatic rings. The molecule has 0 aromatic carbocycles. The van der Waals surface area contributed by atoms with Gasteiger partial charge in [-0.2, -0.15) is 0 Å². The van der Waals surface area contributed by atoms with Crippen LogP contribution in [0.3, 0.4) is 0 Å². The minimum absolute atomic E-state index is 0. The predicted molar refractivity (Wildman–Crippen MR) is 38.9 cm³/mol. The quantitative estimate of drug-likeness (QED) is 0.459. The van der Waals surface area contributed by atoms with E-state index in [2.05, 4.69) is 0 Å². The van der Waals surface area contributed by atoms with E-state index in [4.69, 9.17) is 0 Å². The second kappa shape index (κ2) is 11.7. The topological polar surface area (TPSA) is 70.0 Å². The average Bonchev–Trinajstić information content (AvgIpc) is 1.72. The number of hydrogen-bond donors (Lipinski definition) is 2. The number of rotatable bonds is 0. The van der Waals surface area contributed by atoms with Crippen LogP contribution in [-0.2, 0) is 0 Å². The van der Waals surface area contributed by atoms with Gasteiger partial charge in [0, 0.05) is 0 Å². The maximum atomic E-state index is 1.50. The van der Waals surface area contributed by atoms with Crippen molar-refractivity contribution in [1.82, 2.24) is 12.3 Å². The standard InChI is InChI=1S/C6H12.2H3N.Na.H/c1-2-4-6-5-3-1;;;;/h1-6H2;2*1H3;;/q;;;+1;-1. The van der Waals surface area contributed by atoms with E-state index in [0.29, 0.717) is 0 Å². The molecule has 1 rings (SSSR count). The van der Waals surface area contributed by atoms with E-state index in [9.17, 15) is 0 Å². The predicted octanol–water partition coefficient (Wildman–Crippen LogP) is -0.219. The largest absolute Gasteiger partial charge is 1.00 e. The molecule has 2 nitrogen and oxygen atoms in total. The Morgan fingerprint density at radius 3 is 0.778 bits per heavy atom. The molecule has 0 spiro atoms. The van der Waals surface area contributed by atoms with Crippen LogP contribution in [0.2, 0.25) is 0 Å². The third kappa shape index (κ3) is 8.92. The summed E-state index contributed by atoms with van der Waals surface area (Å²) < 4.78 is 0. The molecule has 0 atom stereocenters. The van der Waals surface area contributed by atoms with Gasteiger partial charge in [0.05, 0.1) is 0 Å². The Morgan fingerprint density at radius 1 is 0.556 bits per heavy atom. The first-order valence-electron chi connectivity index (χ1n) is 3.00. The third-order valence-corrected chi connectivity index (χ3v) is 1.50. The van der Waals surface area contributed by atoms with Crippen molar-refractivity contribution in [3.63, 3.8) is 0 Å². The van der Waals surface area contributed by atoms with Crippen LogP contribution in [0.15, 0.2) is 0 Å². The summed E-state index contributed by atoms with van der Waals surface area (Å²) in [6.45, 7) is 0. The molecule has 0 amide bonds. The molecule has 1 aliphatic rings. The molecule has 1 aliphatic carbocycles. The zero-order valence-corrected chi connectivity index (χ0v) is 8.66. The van der Waals surface area contributed by atoms with Gasteiger partial charge in [-0.3, -0.25) is 0 Å². The van der Waals surface area contributed by atoms with Crippen LogP contribution in [0.5, 0.6) is 0 Å². The Labute approximate surface area is 81.7 Å². The molecule has 0 aliphatic heterocycles. The van der Waals surface area contributed by atoms with Crippen LogP contribution in [0.4, 0.5) is 0 Å². The molecule has 1 saturated carbocycles. The average molecular weight is 142 g/mol. The second-order valence-electron chi connectivity index (χ2n) is 2.12. The number of hydrogen-bond acceptors (Lipinski definition) is 2. The van der Waals surface area contributed by atoms with Crippen molar-refractivity contribution in [2.75, 3.05) is 0 Å². The first-order valence-corrected chi connectivity index (χ1v) is 3.00. The first kappa shape index (κ1) is 16.5. The van der Waals surface area contributed by atoms with E-state index in [1.165, 1.54) is 38.5 Å². The monoisotopic (exact) mass is 142 g/mol. The fraction of sp³-hybridized carbons (Fsp3) is 1.00. The normalized spacial score (nSPS) is 16.0. The van der Waals surface area contributed by atoms with E-state index < -0.39 is 0 Å². The van der Waals surface area contributed by atoms with Crippen LogP contribution in [0, 0.1) is 0 Å². The van der Waals surface area contributed by atoms with Gasteiger partial charge < -0.3 is 13.7 Å². The molecule has 54 valence electrons. The molecule has 0 saturated heterocycles. The molecule has 0 radical (unpaired) electrons. The fourth-order valence-corrected chi connectivity index (χ4v) is 1.06. The maximum Gasteiger partial charge on any atom is 1.00 e. The van der Waals surface area contributed by atoms with E-state index in [-0.39, 0.29) is 43.3 Å². The van der Waals surface area contributed by atoms with Gasteiger partial charge in [-0.1, -0.05) is 38.5 Å². The molecule has 1 fully saturated rings. The summed E-state index contributed by atoms with van der Waals surface area (Å²) in [6.07, 6.45) is 9.00.